The van der Waals surface area contributed by atoms with Gasteiger partial charge in [-0.1, -0.05) is 29.8 Å². The van der Waals surface area contributed by atoms with E-state index >= 15 is 0 Å². The van der Waals surface area contributed by atoms with E-state index in [1.807, 2.05) is 58.0 Å². The number of carbonyl (C=O) groups is 1. The van der Waals surface area contributed by atoms with Gasteiger partial charge in [0.2, 0.25) is 0 Å². The molecule has 0 saturated carbocycles. The number of hydrogen-bond donors (Lipinski definition) is 2. The number of anilines is 1. The number of hydrogen-bond acceptors (Lipinski definition) is 2. The first-order valence-corrected chi connectivity index (χ1v) is 8.54. The van der Waals surface area contributed by atoms with Gasteiger partial charge in [0, 0.05) is 34.3 Å². The van der Waals surface area contributed by atoms with Crippen LogP contribution in [0.2, 0.25) is 0 Å². The fraction of sp³-hybridized carbons (Fsp3) is 0.182. The number of fused-ring (bicyclic) bond motifs is 1. The third-order valence-electron chi connectivity index (χ3n) is 4.30. The summed E-state index contributed by atoms with van der Waals surface area (Å²) in [6.45, 7) is 11.7. The van der Waals surface area contributed by atoms with E-state index in [0.717, 1.165) is 44.9 Å². The Kier molecular flexibility index (Phi) is 4.76. The molecule has 1 aromatic heterocycles. The summed E-state index contributed by atoms with van der Waals surface area (Å²) in [5.41, 5.74) is 8.54. The SMILES string of the molecule is C=N/C=C(\C=C(C)C)c1cccc2c1NC(=O)/C2=C\c1[nH]c(C)cc1C. The van der Waals surface area contributed by atoms with Crippen LogP contribution in [-0.4, -0.2) is 17.6 Å². The van der Waals surface area contributed by atoms with Gasteiger partial charge in [-0.15, -0.1) is 0 Å². The molecule has 0 unspecified atom stereocenters. The highest BCUT2D eigenvalue weighted by molar-refractivity contribution is 6.35. The van der Waals surface area contributed by atoms with E-state index in [-0.39, 0.29) is 5.91 Å². The van der Waals surface area contributed by atoms with Gasteiger partial charge in [-0.25, -0.2) is 0 Å². The minimum absolute atomic E-state index is 0.0952. The van der Waals surface area contributed by atoms with Crippen molar-refractivity contribution in [1.29, 1.82) is 0 Å². The van der Waals surface area contributed by atoms with Crippen LogP contribution >= 0.6 is 0 Å². The molecule has 0 saturated heterocycles. The molecule has 1 aliphatic rings. The van der Waals surface area contributed by atoms with Crippen LogP contribution in [0.25, 0.3) is 17.2 Å². The van der Waals surface area contributed by atoms with Crippen LogP contribution in [0.15, 0.2) is 47.1 Å². The summed E-state index contributed by atoms with van der Waals surface area (Å²) in [6, 6.07) is 7.99. The Balaban J connectivity index is 2.15. The molecular formula is C22H23N3O. The van der Waals surface area contributed by atoms with E-state index in [1.165, 1.54) is 0 Å². The minimum atomic E-state index is -0.0952. The number of nitrogens with zero attached hydrogens (tertiary/aromatic N) is 1. The highest BCUT2D eigenvalue weighted by Gasteiger charge is 2.27. The van der Waals surface area contributed by atoms with Crippen LogP contribution in [0, 0.1) is 13.8 Å². The molecule has 0 atom stereocenters. The molecule has 2 N–H and O–H groups in total. The summed E-state index contributed by atoms with van der Waals surface area (Å²) in [5, 5.41) is 3.02. The number of aromatic nitrogens is 1. The van der Waals surface area contributed by atoms with Gasteiger partial charge in [0.05, 0.1) is 11.3 Å². The summed E-state index contributed by atoms with van der Waals surface area (Å²) in [5.74, 6) is -0.0952. The van der Waals surface area contributed by atoms with Gasteiger partial charge in [-0.05, 0) is 52.1 Å². The number of rotatable bonds is 4. The fourth-order valence-corrected chi connectivity index (χ4v) is 3.24. The molecule has 0 aliphatic carbocycles. The minimum Gasteiger partial charge on any atom is -0.359 e. The lowest BCUT2D eigenvalue weighted by molar-refractivity contribution is -0.110. The molecule has 0 spiro atoms. The zero-order valence-electron chi connectivity index (χ0n) is 15.6. The lowest BCUT2D eigenvalue weighted by Crippen LogP contribution is -2.04. The third kappa shape index (κ3) is 3.31. The van der Waals surface area contributed by atoms with Crippen molar-refractivity contribution in [2.24, 2.45) is 4.99 Å². The highest BCUT2D eigenvalue weighted by atomic mass is 16.2. The number of nitrogens with one attached hydrogen (secondary N) is 2. The molecule has 2 aromatic rings. The van der Waals surface area contributed by atoms with Gasteiger partial charge in [-0.3, -0.25) is 9.79 Å². The monoisotopic (exact) mass is 345 g/mol. The molecule has 3 rings (SSSR count). The van der Waals surface area contributed by atoms with Crippen LogP contribution in [0.5, 0.6) is 0 Å². The molecule has 0 fully saturated rings. The van der Waals surface area contributed by atoms with Crippen LogP contribution in [0.4, 0.5) is 5.69 Å². The topological polar surface area (TPSA) is 57.2 Å². The normalized spacial score (nSPS) is 15.0. The zero-order chi connectivity index (χ0) is 18.8. The maximum absolute atomic E-state index is 12.6. The van der Waals surface area contributed by atoms with Crippen molar-refractivity contribution < 1.29 is 4.79 Å². The maximum atomic E-state index is 12.6. The molecule has 26 heavy (non-hydrogen) atoms. The first-order chi connectivity index (χ1) is 12.4. The Morgan fingerprint density at radius 1 is 1.23 bits per heavy atom. The molecule has 4 nitrogen and oxygen atoms in total. The van der Waals surface area contributed by atoms with Gasteiger partial charge in [0.25, 0.3) is 5.91 Å². The van der Waals surface area contributed by atoms with E-state index in [9.17, 15) is 4.79 Å². The molecule has 4 heteroatoms. The average molecular weight is 345 g/mol. The van der Waals surface area contributed by atoms with Crippen molar-refractivity contribution in [1.82, 2.24) is 4.98 Å². The van der Waals surface area contributed by atoms with E-state index < -0.39 is 0 Å². The van der Waals surface area contributed by atoms with Crippen molar-refractivity contribution in [2.75, 3.05) is 5.32 Å². The molecule has 1 amide bonds. The predicted molar refractivity (Wildman–Crippen MR) is 110 cm³/mol. The van der Waals surface area contributed by atoms with Gasteiger partial charge in [0.1, 0.15) is 0 Å². The first kappa shape index (κ1) is 17.7. The lowest BCUT2D eigenvalue weighted by Gasteiger charge is -2.09. The number of amides is 1. The second kappa shape index (κ2) is 7.00. The van der Waals surface area contributed by atoms with Crippen molar-refractivity contribution in [3.63, 3.8) is 0 Å². The number of H-pyrrole nitrogens is 1. The second-order valence-electron chi connectivity index (χ2n) is 6.78. The maximum Gasteiger partial charge on any atom is 0.256 e. The Bertz CT molecular complexity index is 983. The first-order valence-electron chi connectivity index (χ1n) is 8.54. The van der Waals surface area contributed by atoms with E-state index in [2.05, 4.69) is 28.1 Å². The Labute approximate surface area is 154 Å². The van der Waals surface area contributed by atoms with E-state index in [1.54, 1.807) is 6.20 Å². The molecule has 0 radical (unpaired) electrons. The van der Waals surface area contributed by atoms with Gasteiger partial charge < -0.3 is 10.3 Å². The molecule has 2 heterocycles. The third-order valence-corrected chi connectivity index (χ3v) is 4.30. The predicted octanol–water partition coefficient (Wildman–Crippen LogP) is 5.13. The van der Waals surface area contributed by atoms with Crippen molar-refractivity contribution in [3.8, 4) is 0 Å². The summed E-state index contributed by atoms with van der Waals surface area (Å²) in [4.78, 5) is 19.9. The molecule has 0 bridgehead atoms. The smallest absolute Gasteiger partial charge is 0.256 e. The fourth-order valence-electron chi connectivity index (χ4n) is 3.24. The second-order valence-corrected chi connectivity index (χ2v) is 6.78. The number of carbonyl (C=O) groups excluding carboxylic acids is 1. The Hall–Kier alpha value is -3.14. The summed E-state index contributed by atoms with van der Waals surface area (Å²) < 4.78 is 0. The summed E-state index contributed by atoms with van der Waals surface area (Å²) >= 11 is 0. The van der Waals surface area contributed by atoms with Gasteiger partial charge >= 0.3 is 0 Å². The van der Waals surface area contributed by atoms with Gasteiger partial charge in [-0.2, -0.15) is 0 Å². The molecule has 132 valence electrons. The summed E-state index contributed by atoms with van der Waals surface area (Å²) in [7, 11) is 0. The van der Waals surface area contributed by atoms with Crippen molar-refractivity contribution >= 4 is 35.5 Å². The zero-order valence-corrected chi connectivity index (χ0v) is 15.6. The summed E-state index contributed by atoms with van der Waals surface area (Å²) in [6.07, 6.45) is 5.68. The van der Waals surface area contributed by atoms with Crippen molar-refractivity contribution in [3.05, 3.63) is 70.2 Å². The van der Waals surface area contributed by atoms with Crippen molar-refractivity contribution in [2.45, 2.75) is 27.7 Å². The van der Waals surface area contributed by atoms with Crippen LogP contribution in [0.3, 0.4) is 0 Å². The van der Waals surface area contributed by atoms with E-state index in [4.69, 9.17) is 0 Å². The number of para-hydroxylation sites is 1. The molecular weight excluding hydrogens is 322 g/mol. The molecule has 1 aliphatic heterocycles. The number of allylic oxidation sites excluding steroid dienone is 3. The quantitative estimate of drug-likeness (QED) is 0.450. The Morgan fingerprint density at radius 2 is 2.00 bits per heavy atom. The average Bonchev–Trinajstić information content (AvgIpc) is 3.06. The highest BCUT2D eigenvalue weighted by Crippen LogP contribution is 2.39. The van der Waals surface area contributed by atoms with E-state index in [0.29, 0.717) is 5.57 Å². The number of aryl methyl sites for hydroxylation is 2. The standard InChI is InChI=1S/C22H23N3O/c1-13(2)9-16(12-23-5)17-7-6-8-18-19(22(26)25-21(17)18)11-20-14(3)10-15(4)24-20/h6-12,24H,5H2,1-4H3,(H,25,26)/b16-12+,19-11-. The Morgan fingerprint density at radius 3 is 2.62 bits per heavy atom. The lowest BCUT2D eigenvalue weighted by atomic mass is 9.97. The van der Waals surface area contributed by atoms with Crippen LogP contribution < -0.4 is 5.32 Å². The van der Waals surface area contributed by atoms with Crippen LogP contribution in [0.1, 0.15) is 41.9 Å². The largest absolute Gasteiger partial charge is 0.359 e. The van der Waals surface area contributed by atoms with Crippen LogP contribution in [-0.2, 0) is 4.79 Å². The molecule has 1 aromatic carbocycles. The number of aliphatic imine (C=N–C) groups is 1. The van der Waals surface area contributed by atoms with Gasteiger partial charge in [0.15, 0.2) is 0 Å². The number of benzene rings is 1. The number of aromatic amines is 1.